The molecule has 0 saturated carbocycles. The third-order valence-electron chi connectivity index (χ3n) is 3.37. The fraction of sp³-hybridized carbons (Fsp3) is 0.500. The molecule has 1 aliphatic rings. The molecule has 2 aromatic rings. The highest BCUT2D eigenvalue weighted by Gasteiger charge is 2.22. The first kappa shape index (κ1) is 13.1. The predicted molar refractivity (Wildman–Crippen MR) is 75.7 cm³/mol. The SMILES string of the molecule is Cc1cc(N2CCOC(Cn3cccn3)C2)nc(C)n1. The first-order valence-electron chi connectivity index (χ1n) is 6.87. The molecule has 1 atom stereocenters. The zero-order valence-corrected chi connectivity index (χ0v) is 11.9. The van der Waals surface area contributed by atoms with Crippen molar-refractivity contribution >= 4 is 5.82 Å². The van der Waals surface area contributed by atoms with E-state index in [0.717, 1.165) is 37.0 Å². The van der Waals surface area contributed by atoms with Crippen molar-refractivity contribution in [2.75, 3.05) is 24.6 Å². The van der Waals surface area contributed by atoms with E-state index in [0.29, 0.717) is 6.61 Å². The summed E-state index contributed by atoms with van der Waals surface area (Å²) >= 11 is 0. The van der Waals surface area contributed by atoms with E-state index in [9.17, 15) is 0 Å². The molecule has 0 N–H and O–H groups in total. The summed E-state index contributed by atoms with van der Waals surface area (Å²) in [5, 5.41) is 4.23. The number of hydrogen-bond donors (Lipinski definition) is 0. The van der Waals surface area contributed by atoms with E-state index < -0.39 is 0 Å². The van der Waals surface area contributed by atoms with Gasteiger partial charge >= 0.3 is 0 Å². The Labute approximate surface area is 118 Å². The fourth-order valence-electron chi connectivity index (χ4n) is 2.51. The molecule has 1 saturated heterocycles. The highest BCUT2D eigenvalue weighted by Crippen LogP contribution is 2.17. The second kappa shape index (κ2) is 5.58. The number of ether oxygens (including phenoxy) is 1. The molecule has 3 rings (SSSR count). The summed E-state index contributed by atoms with van der Waals surface area (Å²) in [4.78, 5) is 11.1. The van der Waals surface area contributed by atoms with Gasteiger partial charge in [-0.2, -0.15) is 5.10 Å². The lowest BCUT2D eigenvalue weighted by molar-refractivity contribution is 0.0271. The number of rotatable bonds is 3. The lowest BCUT2D eigenvalue weighted by Crippen LogP contribution is -2.44. The van der Waals surface area contributed by atoms with Gasteiger partial charge in [0.05, 0.1) is 19.3 Å². The smallest absolute Gasteiger partial charge is 0.132 e. The van der Waals surface area contributed by atoms with Crippen LogP contribution in [-0.4, -0.2) is 45.5 Å². The van der Waals surface area contributed by atoms with E-state index in [1.54, 1.807) is 6.20 Å². The van der Waals surface area contributed by atoms with Crippen LogP contribution in [0.4, 0.5) is 5.82 Å². The van der Waals surface area contributed by atoms with Crippen molar-refractivity contribution in [3.63, 3.8) is 0 Å². The lowest BCUT2D eigenvalue weighted by Gasteiger charge is -2.33. The highest BCUT2D eigenvalue weighted by molar-refractivity contribution is 5.40. The van der Waals surface area contributed by atoms with Gasteiger partial charge in [0.1, 0.15) is 11.6 Å². The van der Waals surface area contributed by atoms with Gasteiger partial charge in [0, 0.05) is 37.2 Å². The van der Waals surface area contributed by atoms with Crippen molar-refractivity contribution < 1.29 is 4.74 Å². The van der Waals surface area contributed by atoms with Gasteiger partial charge in [-0.05, 0) is 19.9 Å². The van der Waals surface area contributed by atoms with Crippen LogP contribution in [-0.2, 0) is 11.3 Å². The Bertz CT molecular complexity index is 549. The maximum Gasteiger partial charge on any atom is 0.132 e. The van der Waals surface area contributed by atoms with Gasteiger partial charge in [-0.3, -0.25) is 4.68 Å². The maximum atomic E-state index is 5.82. The molecule has 0 aromatic carbocycles. The minimum absolute atomic E-state index is 0.138. The quantitative estimate of drug-likeness (QED) is 0.841. The molecule has 0 bridgehead atoms. The highest BCUT2D eigenvalue weighted by atomic mass is 16.5. The number of aryl methyl sites for hydroxylation is 2. The van der Waals surface area contributed by atoms with Crippen molar-refractivity contribution in [2.45, 2.75) is 26.5 Å². The average molecular weight is 273 g/mol. The molecule has 1 aliphatic heterocycles. The van der Waals surface area contributed by atoms with Crippen molar-refractivity contribution in [1.82, 2.24) is 19.7 Å². The van der Waals surface area contributed by atoms with E-state index in [1.165, 1.54) is 0 Å². The summed E-state index contributed by atoms with van der Waals surface area (Å²) in [5.74, 6) is 1.80. The molecule has 3 heterocycles. The lowest BCUT2D eigenvalue weighted by atomic mass is 10.2. The maximum absolute atomic E-state index is 5.82. The van der Waals surface area contributed by atoms with Gasteiger partial charge in [-0.25, -0.2) is 9.97 Å². The second-order valence-corrected chi connectivity index (χ2v) is 5.08. The van der Waals surface area contributed by atoms with E-state index in [-0.39, 0.29) is 6.10 Å². The van der Waals surface area contributed by atoms with Gasteiger partial charge in [0.15, 0.2) is 0 Å². The molecule has 0 amide bonds. The van der Waals surface area contributed by atoms with Crippen LogP contribution in [0, 0.1) is 13.8 Å². The van der Waals surface area contributed by atoms with Crippen LogP contribution in [0.2, 0.25) is 0 Å². The van der Waals surface area contributed by atoms with Crippen LogP contribution >= 0.6 is 0 Å². The van der Waals surface area contributed by atoms with Gasteiger partial charge in [-0.15, -0.1) is 0 Å². The topological polar surface area (TPSA) is 56.1 Å². The number of morpholine rings is 1. The van der Waals surface area contributed by atoms with Crippen LogP contribution in [0.3, 0.4) is 0 Å². The van der Waals surface area contributed by atoms with Crippen LogP contribution in [0.5, 0.6) is 0 Å². The Morgan fingerprint density at radius 1 is 1.35 bits per heavy atom. The summed E-state index contributed by atoms with van der Waals surface area (Å²) in [6.07, 6.45) is 3.89. The largest absolute Gasteiger partial charge is 0.373 e. The summed E-state index contributed by atoms with van der Waals surface area (Å²) < 4.78 is 7.72. The minimum atomic E-state index is 0.138. The normalized spacial score (nSPS) is 19.3. The van der Waals surface area contributed by atoms with Crippen LogP contribution in [0.15, 0.2) is 24.5 Å². The zero-order chi connectivity index (χ0) is 13.9. The van der Waals surface area contributed by atoms with Crippen molar-refractivity contribution in [1.29, 1.82) is 0 Å². The third-order valence-corrected chi connectivity index (χ3v) is 3.37. The summed E-state index contributed by atoms with van der Waals surface area (Å²) in [6, 6.07) is 3.96. The third kappa shape index (κ3) is 2.96. The molecule has 6 heteroatoms. The van der Waals surface area contributed by atoms with Gasteiger partial charge in [0.25, 0.3) is 0 Å². The van der Waals surface area contributed by atoms with Crippen LogP contribution in [0.1, 0.15) is 11.5 Å². The number of anilines is 1. The minimum Gasteiger partial charge on any atom is -0.373 e. The molecular formula is C14H19N5O. The van der Waals surface area contributed by atoms with Crippen LogP contribution in [0.25, 0.3) is 0 Å². The molecule has 0 radical (unpaired) electrons. The fourth-order valence-corrected chi connectivity index (χ4v) is 2.51. The molecule has 6 nitrogen and oxygen atoms in total. The Morgan fingerprint density at radius 2 is 2.25 bits per heavy atom. The van der Waals surface area contributed by atoms with E-state index in [2.05, 4.69) is 20.0 Å². The Kier molecular flexibility index (Phi) is 3.64. The van der Waals surface area contributed by atoms with Crippen LogP contribution < -0.4 is 4.90 Å². The molecule has 1 fully saturated rings. The summed E-state index contributed by atoms with van der Waals surface area (Å²) in [7, 11) is 0. The van der Waals surface area contributed by atoms with E-state index >= 15 is 0 Å². The Hall–Kier alpha value is -1.95. The average Bonchev–Trinajstić information content (AvgIpc) is 2.91. The monoisotopic (exact) mass is 273 g/mol. The molecule has 0 spiro atoms. The van der Waals surface area contributed by atoms with Gasteiger partial charge in [0.2, 0.25) is 0 Å². The Morgan fingerprint density at radius 3 is 3.00 bits per heavy atom. The summed E-state index contributed by atoms with van der Waals surface area (Å²) in [5.41, 5.74) is 1.00. The standard InChI is InChI=1S/C14H19N5O/c1-11-8-14(17-12(2)16-11)18-6-7-20-13(9-18)10-19-5-3-4-15-19/h3-5,8,13H,6-7,9-10H2,1-2H3. The zero-order valence-electron chi connectivity index (χ0n) is 11.9. The summed E-state index contributed by atoms with van der Waals surface area (Å²) in [6.45, 7) is 7.11. The Balaban J connectivity index is 1.71. The van der Waals surface area contributed by atoms with E-state index in [1.807, 2.05) is 36.9 Å². The predicted octanol–water partition coefficient (Wildman–Crippen LogP) is 1.20. The molecule has 2 aromatic heterocycles. The van der Waals surface area contributed by atoms with Crippen molar-refractivity contribution in [2.24, 2.45) is 0 Å². The van der Waals surface area contributed by atoms with Crippen molar-refractivity contribution in [3.05, 3.63) is 36.0 Å². The van der Waals surface area contributed by atoms with Gasteiger partial charge < -0.3 is 9.64 Å². The van der Waals surface area contributed by atoms with Gasteiger partial charge in [-0.1, -0.05) is 0 Å². The number of hydrogen-bond acceptors (Lipinski definition) is 5. The van der Waals surface area contributed by atoms with Crippen molar-refractivity contribution in [3.8, 4) is 0 Å². The first-order valence-corrected chi connectivity index (χ1v) is 6.87. The molecule has 0 aliphatic carbocycles. The first-order chi connectivity index (χ1) is 9.70. The molecule has 20 heavy (non-hydrogen) atoms. The number of nitrogens with zero attached hydrogens (tertiary/aromatic N) is 5. The molecule has 106 valence electrons. The molecular weight excluding hydrogens is 254 g/mol. The van der Waals surface area contributed by atoms with E-state index in [4.69, 9.17) is 4.74 Å². The molecule has 1 unspecified atom stereocenters. The number of aromatic nitrogens is 4. The second-order valence-electron chi connectivity index (χ2n) is 5.08.